The largest absolute Gasteiger partial charge is 0.295 e. The highest BCUT2D eigenvalue weighted by Crippen LogP contribution is 2.14. The maximum Gasteiger partial charge on any atom is 0.159 e. The molecular weight excluding hydrogens is 220 g/mol. The van der Waals surface area contributed by atoms with Gasteiger partial charge in [0.1, 0.15) is 0 Å². The van der Waals surface area contributed by atoms with Gasteiger partial charge in [-0.05, 0) is 43.4 Å². The molecule has 1 nitrogen and oxygen atoms in total. The minimum atomic E-state index is 0.112. The lowest BCUT2D eigenvalue weighted by molar-refractivity contribution is 0.101. The fourth-order valence-electron chi connectivity index (χ4n) is 1.92. The minimum absolute atomic E-state index is 0.112. The fourth-order valence-corrected chi connectivity index (χ4v) is 1.92. The average molecular weight is 237 g/mol. The molecule has 0 atom stereocenters. The molecule has 2 rings (SSSR count). The van der Waals surface area contributed by atoms with Gasteiger partial charge in [0, 0.05) is 5.56 Å². The Bertz CT molecular complexity index is 538. The van der Waals surface area contributed by atoms with Crippen molar-refractivity contribution in [3.8, 4) is 0 Å². The van der Waals surface area contributed by atoms with Gasteiger partial charge in [0.15, 0.2) is 5.78 Å². The predicted octanol–water partition coefficient (Wildman–Crippen LogP) is 3.99. The van der Waals surface area contributed by atoms with Crippen molar-refractivity contribution in [1.29, 1.82) is 0 Å². The van der Waals surface area contributed by atoms with Gasteiger partial charge in [-0.15, -0.1) is 0 Å². The van der Waals surface area contributed by atoms with Crippen molar-refractivity contribution in [3.05, 3.63) is 77.2 Å². The zero-order chi connectivity index (χ0) is 13.0. The normalized spacial score (nSPS) is 10.3. The maximum atomic E-state index is 11.2. The Balaban J connectivity index is 2.02. The molecule has 1 radical (unpaired) electrons. The van der Waals surface area contributed by atoms with E-state index < -0.39 is 0 Å². The second-order valence-electron chi connectivity index (χ2n) is 4.51. The van der Waals surface area contributed by atoms with E-state index >= 15 is 0 Å². The van der Waals surface area contributed by atoms with Crippen LogP contribution >= 0.6 is 0 Å². The number of benzene rings is 2. The molecule has 0 unspecified atom stereocenters. The van der Waals surface area contributed by atoms with Crippen LogP contribution in [0.3, 0.4) is 0 Å². The summed E-state index contributed by atoms with van der Waals surface area (Å²) >= 11 is 0. The third-order valence-electron chi connectivity index (χ3n) is 3.14. The lowest BCUT2D eigenvalue weighted by Gasteiger charge is -2.05. The van der Waals surface area contributed by atoms with E-state index in [2.05, 4.69) is 37.6 Å². The third-order valence-corrected chi connectivity index (χ3v) is 3.14. The average Bonchev–Trinajstić information content (AvgIpc) is 2.38. The zero-order valence-electron chi connectivity index (χ0n) is 10.8. The van der Waals surface area contributed by atoms with E-state index in [1.165, 1.54) is 11.1 Å². The number of hydrogen-bond donors (Lipinski definition) is 0. The number of aryl methyl sites for hydroxylation is 1. The zero-order valence-corrected chi connectivity index (χ0v) is 10.8. The summed E-state index contributed by atoms with van der Waals surface area (Å²) in [4.78, 5) is 11.2. The number of ketones is 1. The van der Waals surface area contributed by atoms with Gasteiger partial charge in [-0.2, -0.15) is 0 Å². The monoisotopic (exact) mass is 237 g/mol. The SMILES string of the molecule is CC(=O)c1ccc([CH]Cc2ccccc2C)cc1. The van der Waals surface area contributed by atoms with Crippen LogP contribution in [0.4, 0.5) is 0 Å². The molecule has 0 heterocycles. The Morgan fingerprint density at radius 2 is 1.72 bits per heavy atom. The lowest BCUT2D eigenvalue weighted by atomic mass is 9.99. The van der Waals surface area contributed by atoms with Crippen LogP contribution in [0, 0.1) is 13.3 Å². The number of carbonyl (C=O) groups excluding carboxylic acids is 1. The van der Waals surface area contributed by atoms with Crippen LogP contribution in [-0.2, 0) is 6.42 Å². The Labute approximate surface area is 108 Å². The molecule has 0 aliphatic rings. The van der Waals surface area contributed by atoms with E-state index in [0.29, 0.717) is 0 Å². The van der Waals surface area contributed by atoms with E-state index in [1.807, 2.05) is 24.3 Å². The topological polar surface area (TPSA) is 17.1 Å². The quantitative estimate of drug-likeness (QED) is 0.735. The van der Waals surface area contributed by atoms with Gasteiger partial charge in [-0.25, -0.2) is 0 Å². The van der Waals surface area contributed by atoms with Gasteiger partial charge in [0.25, 0.3) is 0 Å². The van der Waals surface area contributed by atoms with Crippen molar-refractivity contribution in [1.82, 2.24) is 0 Å². The molecule has 1 heteroatoms. The molecule has 0 amide bonds. The second-order valence-corrected chi connectivity index (χ2v) is 4.51. The summed E-state index contributed by atoms with van der Waals surface area (Å²) in [6, 6.07) is 16.1. The third kappa shape index (κ3) is 3.07. The van der Waals surface area contributed by atoms with E-state index in [1.54, 1.807) is 6.92 Å². The molecule has 0 saturated carbocycles. The molecule has 0 aliphatic heterocycles. The molecule has 0 bridgehead atoms. The summed E-state index contributed by atoms with van der Waals surface area (Å²) in [6.45, 7) is 3.72. The van der Waals surface area contributed by atoms with Gasteiger partial charge in [-0.3, -0.25) is 4.79 Å². The molecular formula is C17H17O. The van der Waals surface area contributed by atoms with Crippen LogP contribution in [0.5, 0.6) is 0 Å². The number of rotatable bonds is 4. The number of Topliss-reactive ketones (excluding diaryl/α,β-unsaturated/α-hetero) is 1. The molecule has 0 aromatic heterocycles. The van der Waals surface area contributed by atoms with Gasteiger partial charge in [0.2, 0.25) is 0 Å². The lowest BCUT2D eigenvalue weighted by Crippen LogP contribution is -1.94. The van der Waals surface area contributed by atoms with Crippen molar-refractivity contribution in [2.24, 2.45) is 0 Å². The molecule has 0 fully saturated rings. The first-order valence-corrected chi connectivity index (χ1v) is 6.15. The van der Waals surface area contributed by atoms with Gasteiger partial charge >= 0.3 is 0 Å². The summed E-state index contributed by atoms with van der Waals surface area (Å²) in [5.74, 6) is 0.112. The number of hydrogen-bond acceptors (Lipinski definition) is 1. The maximum absolute atomic E-state index is 11.2. The van der Waals surface area contributed by atoms with E-state index in [-0.39, 0.29) is 5.78 Å². The van der Waals surface area contributed by atoms with Crippen LogP contribution in [0.2, 0.25) is 0 Å². The number of carbonyl (C=O) groups is 1. The highest BCUT2D eigenvalue weighted by atomic mass is 16.1. The molecule has 0 N–H and O–H groups in total. The Hall–Kier alpha value is -1.89. The summed E-state index contributed by atoms with van der Waals surface area (Å²) in [5, 5.41) is 0. The molecule has 18 heavy (non-hydrogen) atoms. The van der Waals surface area contributed by atoms with E-state index in [0.717, 1.165) is 17.5 Å². The van der Waals surface area contributed by atoms with Crippen molar-refractivity contribution in [2.75, 3.05) is 0 Å². The van der Waals surface area contributed by atoms with Crippen LogP contribution < -0.4 is 0 Å². The summed E-state index contributed by atoms with van der Waals surface area (Å²) in [5.41, 5.74) is 4.58. The standard InChI is InChI=1S/C17H17O/c1-13-5-3-4-6-16(13)10-7-15-8-11-17(12-9-15)14(2)18/h3-9,11-12H,10H2,1-2H3. The van der Waals surface area contributed by atoms with Crippen LogP contribution in [0.15, 0.2) is 48.5 Å². The molecule has 91 valence electrons. The highest BCUT2D eigenvalue weighted by Gasteiger charge is 2.01. The Morgan fingerprint density at radius 1 is 1.06 bits per heavy atom. The fraction of sp³-hybridized carbons (Fsp3) is 0.176. The molecule has 2 aromatic rings. The summed E-state index contributed by atoms with van der Waals surface area (Å²) < 4.78 is 0. The van der Waals surface area contributed by atoms with E-state index in [4.69, 9.17) is 0 Å². The Kier molecular flexibility index (Phi) is 3.93. The van der Waals surface area contributed by atoms with Crippen molar-refractivity contribution in [2.45, 2.75) is 20.3 Å². The van der Waals surface area contributed by atoms with Gasteiger partial charge in [-0.1, -0.05) is 48.5 Å². The van der Waals surface area contributed by atoms with Gasteiger partial charge < -0.3 is 0 Å². The van der Waals surface area contributed by atoms with Crippen molar-refractivity contribution >= 4 is 5.78 Å². The van der Waals surface area contributed by atoms with Crippen molar-refractivity contribution < 1.29 is 4.79 Å². The Morgan fingerprint density at radius 3 is 2.33 bits per heavy atom. The van der Waals surface area contributed by atoms with Crippen molar-refractivity contribution in [3.63, 3.8) is 0 Å². The summed E-state index contributed by atoms with van der Waals surface area (Å²) in [6.07, 6.45) is 3.11. The minimum Gasteiger partial charge on any atom is -0.295 e. The molecule has 0 spiro atoms. The second kappa shape index (κ2) is 5.63. The van der Waals surface area contributed by atoms with Crippen LogP contribution in [0.25, 0.3) is 0 Å². The molecule has 2 aromatic carbocycles. The smallest absolute Gasteiger partial charge is 0.159 e. The summed E-state index contributed by atoms with van der Waals surface area (Å²) in [7, 11) is 0. The molecule has 0 aliphatic carbocycles. The first-order chi connectivity index (χ1) is 8.66. The van der Waals surface area contributed by atoms with E-state index in [9.17, 15) is 4.79 Å². The first-order valence-electron chi connectivity index (χ1n) is 6.15. The van der Waals surface area contributed by atoms with Crippen LogP contribution in [-0.4, -0.2) is 5.78 Å². The van der Waals surface area contributed by atoms with Gasteiger partial charge in [0.05, 0.1) is 0 Å². The van der Waals surface area contributed by atoms with Crippen LogP contribution in [0.1, 0.15) is 34.0 Å². The predicted molar refractivity (Wildman–Crippen MR) is 74.7 cm³/mol. The molecule has 0 saturated heterocycles. The first kappa shape index (κ1) is 12.6. The highest BCUT2D eigenvalue weighted by molar-refractivity contribution is 5.94.